The highest BCUT2D eigenvalue weighted by Crippen LogP contribution is 2.29. The molecule has 0 radical (unpaired) electrons. The Morgan fingerprint density at radius 1 is 1.58 bits per heavy atom. The fraction of sp³-hybridized carbons (Fsp3) is 0.125. The van der Waals surface area contributed by atoms with Crippen molar-refractivity contribution in [3.8, 4) is 5.75 Å². The first-order valence-corrected chi connectivity index (χ1v) is 3.72. The van der Waals surface area contributed by atoms with E-state index < -0.39 is 0 Å². The minimum atomic E-state index is 0.0176. The van der Waals surface area contributed by atoms with Crippen LogP contribution in [0.1, 0.15) is 5.56 Å². The predicted molar refractivity (Wildman–Crippen MR) is 47.5 cm³/mol. The molecule has 1 rings (SSSR count). The molecular weight excluding hydrogens is 178 g/mol. The zero-order chi connectivity index (χ0) is 9.14. The lowest BCUT2D eigenvalue weighted by Gasteiger charge is -2.04. The second-order valence-corrected chi connectivity index (χ2v) is 2.79. The fourth-order valence-corrected chi connectivity index (χ4v) is 1.01. The van der Waals surface area contributed by atoms with E-state index in [1.54, 1.807) is 6.92 Å². The number of hydrogen-bond donors (Lipinski definition) is 2. The van der Waals surface area contributed by atoms with E-state index in [-0.39, 0.29) is 5.75 Å². The smallest absolute Gasteiger partial charge is 0.211 e. The van der Waals surface area contributed by atoms with E-state index in [4.69, 9.17) is 11.6 Å². The van der Waals surface area contributed by atoms with Crippen LogP contribution in [-0.4, -0.2) is 11.5 Å². The average molecular weight is 186 g/mol. The molecule has 0 fully saturated rings. The van der Waals surface area contributed by atoms with Crippen molar-refractivity contribution in [2.75, 3.05) is 5.32 Å². The number of amides is 1. The highest BCUT2D eigenvalue weighted by atomic mass is 35.5. The van der Waals surface area contributed by atoms with Crippen LogP contribution in [0.15, 0.2) is 12.1 Å². The van der Waals surface area contributed by atoms with Gasteiger partial charge in [0.25, 0.3) is 0 Å². The van der Waals surface area contributed by atoms with Crippen LogP contribution in [0, 0.1) is 6.92 Å². The number of aromatic hydroxyl groups is 1. The molecule has 0 aromatic heterocycles. The molecule has 1 aromatic rings. The largest absolute Gasteiger partial charge is 0.506 e. The zero-order valence-corrected chi connectivity index (χ0v) is 7.22. The summed E-state index contributed by atoms with van der Waals surface area (Å²) in [5, 5.41) is 12.1. The molecule has 4 heteroatoms. The first kappa shape index (κ1) is 8.87. The molecular formula is C8H8ClNO2. The lowest BCUT2D eigenvalue weighted by Crippen LogP contribution is -1.94. The van der Waals surface area contributed by atoms with Crippen molar-refractivity contribution in [3.05, 3.63) is 22.7 Å². The summed E-state index contributed by atoms with van der Waals surface area (Å²) in [5.41, 5.74) is 1.09. The van der Waals surface area contributed by atoms with Crippen LogP contribution in [0.3, 0.4) is 0 Å². The SMILES string of the molecule is Cc1cc(O)c(NC=O)cc1Cl. The van der Waals surface area contributed by atoms with Gasteiger partial charge in [-0.15, -0.1) is 0 Å². The molecule has 0 spiro atoms. The van der Waals surface area contributed by atoms with E-state index in [1.165, 1.54) is 12.1 Å². The molecule has 3 nitrogen and oxygen atoms in total. The van der Waals surface area contributed by atoms with Crippen molar-refractivity contribution >= 4 is 23.7 Å². The van der Waals surface area contributed by atoms with Gasteiger partial charge in [0.15, 0.2) is 0 Å². The van der Waals surface area contributed by atoms with E-state index in [1.807, 2.05) is 0 Å². The second-order valence-electron chi connectivity index (χ2n) is 2.38. The van der Waals surface area contributed by atoms with Crippen LogP contribution in [0.2, 0.25) is 5.02 Å². The van der Waals surface area contributed by atoms with Crippen molar-refractivity contribution in [1.29, 1.82) is 0 Å². The number of hydrogen-bond acceptors (Lipinski definition) is 2. The normalized spacial score (nSPS) is 9.50. The number of benzene rings is 1. The van der Waals surface area contributed by atoms with E-state index in [0.717, 1.165) is 5.56 Å². The number of rotatable bonds is 2. The summed E-state index contributed by atoms with van der Waals surface area (Å²) in [6.45, 7) is 1.77. The maximum absolute atomic E-state index is 10.1. The first-order valence-electron chi connectivity index (χ1n) is 3.34. The van der Waals surface area contributed by atoms with Crippen molar-refractivity contribution in [2.45, 2.75) is 6.92 Å². The van der Waals surface area contributed by atoms with Gasteiger partial charge in [0.2, 0.25) is 6.41 Å². The van der Waals surface area contributed by atoms with Crippen LogP contribution >= 0.6 is 11.6 Å². The molecule has 0 bridgehead atoms. The fourth-order valence-electron chi connectivity index (χ4n) is 0.845. The number of halogens is 1. The lowest BCUT2D eigenvalue weighted by molar-refractivity contribution is -0.105. The summed E-state index contributed by atoms with van der Waals surface area (Å²) < 4.78 is 0. The van der Waals surface area contributed by atoms with Crippen molar-refractivity contribution in [1.82, 2.24) is 0 Å². The number of phenolic OH excluding ortho intramolecular Hbond substituents is 1. The van der Waals surface area contributed by atoms with E-state index in [2.05, 4.69) is 5.32 Å². The highest BCUT2D eigenvalue weighted by molar-refractivity contribution is 6.31. The number of carbonyl (C=O) groups excluding carboxylic acids is 1. The van der Waals surface area contributed by atoms with Crippen LogP contribution in [-0.2, 0) is 4.79 Å². The number of phenols is 1. The van der Waals surface area contributed by atoms with Gasteiger partial charge in [-0.25, -0.2) is 0 Å². The Labute approximate surface area is 75.0 Å². The molecule has 0 saturated carbocycles. The second kappa shape index (κ2) is 3.45. The molecule has 0 aliphatic carbocycles. The van der Waals surface area contributed by atoms with Crippen molar-refractivity contribution in [3.63, 3.8) is 0 Å². The molecule has 1 aromatic carbocycles. The van der Waals surface area contributed by atoms with E-state index >= 15 is 0 Å². The first-order chi connectivity index (χ1) is 5.65. The Morgan fingerprint density at radius 2 is 2.25 bits per heavy atom. The summed E-state index contributed by atoms with van der Waals surface area (Å²) in [7, 11) is 0. The Balaban J connectivity index is 3.13. The molecule has 0 unspecified atom stereocenters. The van der Waals surface area contributed by atoms with E-state index in [9.17, 15) is 9.90 Å². The lowest BCUT2D eigenvalue weighted by atomic mass is 10.2. The minimum absolute atomic E-state index is 0.0176. The topological polar surface area (TPSA) is 49.3 Å². The van der Waals surface area contributed by atoms with Gasteiger partial charge in [-0.1, -0.05) is 11.6 Å². The number of anilines is 1. The third kappa shape index (κ3) is 1.68. The van der Waals surface area contributed by atoms with Crippen LogP contribution < -0.4 is 5.32 Å². The van der Waals surface area contributed by atoms with Gasteiger partial charge in [-0.2, -0.15) is 0 Å². The standard InChI is InChI=1S/C8H8ClNO2/c1-5-2-8(12)7(10-4-11)3-6(5)9/h2-4,12H,1H3,(H,10,11). The van der Waals surface area contributed by atoms with Gasteiger partial charge in [-0.05, 0) is 24.6 Å². The molecule has 0 atom stereocenters. The monoisotopic (exact) mass is 185 g/mol. The molecule has 64 valence electrons. The minimum Gasteiger partial charge on any atom is -0.506 e. The Bertz CT molecular complexity index is 312. The summed E-state index contributed by atoms with van der Waals surface area (Å²) in [4.78, 5) is 10.1. The molecule has 0 heterocycles. The molecule has 12 heavy (non-hydrogen) atoms. The van der Waals surface area contributed by atoms with Gasteiger partial charge in [-0.3, -0.25) is 4.79 Å². The van der Waals surface area contributed by atoms with Crippen LogP contribution in [0.4, 0.5) is 5.69 Å². The van der Waals surface area contributed by atoms with Crippen molar-refractivity contribution in [2.24, 2.45) is 0 Å². The maximum Gasteiger partial charge on any atom is 0.211 e. The molecule has 0 saturated heterocycles. The Morgan fingerprint density at radius 3 is 2.83 bits per heavy atom. The predicted octanol–water partition coefficient (Wildman–Crippen LogP) is 1.92. The third-order valence-corrected chi connectivity index (χ3v) is 1.90. The summed E-state index contributed by atoms with van der Waals surface area (Å²) in [6, 6.07) is 2.99. The van der Waals surface area contributed by atoms with E-state index in [0.29, 0.717) is 17.1 Å². The van der Waals surface area contributed by atoms with Gasteiger partial charge in [0.05, 0.1) is 5.69 Å². The average Bonchev–Trinajstić information content (AvgIpc) is 2.01. The Kier molecular flexibility index (Phi) is 2.55. The van der Waals surface area contributed by atoms with Gasteiger partial charge in [0, 0.05) is 5.02 Å². The van der Waals surface area contributed by atoms with Gasteiger partial charge in [0.1, 0.15) is 5.75 Å². The highest BCUT2D eigenvalue weighted by Gasteiger charge is 2.03. The molecule has 0 aliphatic rings. The van der Waals surface area contributed by atoms with Crippen LogP contribution in [0.25, 0.3) is 0 Å². The molecule has 2 N–H and O–H groups in total. The Hall–Kier alpha value is -1.22. The molecule has 0 aliphatic heterocycles. The van der Waals surface area contributed by atoms with Gasteiger partial charge >= 0.3 is 0 Å². The summed E-state index contributed by atoms with van der Waals surface area (Å²) in [6.07, 6.45) is 0.487. The quantitative estimate of drug-likeness (QED) is 0.546. The third-order valence-electron chi connectivity index (χ3n) is 1.49. The molecule has 1 amide bonds. The number of aryl methyl sites for hydroxylation is 1. The summed E-state index contributed by atoms with van der Waals surface area (Å²) >= 11 is 5.75. The van der Waals surface area contributed by atoms with Crippen LogP contribution in [0.5, 0.6) is 5.75 Å². The number of nitrogens with one attached hydrogen (secondary N) is 1. The van der Waals surface area contributed by atoms with Crippen molar-refractivity contribution < 1.29 is 9.90 Å². The zero-order valence-electron chi connectivity index (χ0n) is 6.47. The maximum atomic E-state index is 10.1. The van der Waals surface area contributed by atoms with Gasteiger partial charge < -0.3 is 10.4 Å². The number of carbonyl (C=O) groups is 1. The summed E-state index contributed by atoms with van der Waals surface area (Å²) in [5.74, 6) is 0.0176.